The summed E-state index contributed by atoms with van der Waals surface area (Å²) in [6.45, 7) is 0.816. The first-order valence-electron chi connectivity index (χ1n) is 5.61. The normalized spacial score (nSPS) is 35.2. The van der Waals surface area contributed by atoms with Gasteiger partial charge in [-0.15, -0.1) is 0 Å². The summed E-state index contributed by atoms with van der Waals surface area (Å²) in [6, 6.07) is 2.10. The molecule has 0 bridgehead atoms. The zero-order valence-electron chi connectivity index (χ0n) is 9.07. The molecule has 4 nitrogen and oxygen atoms in total. The third-order valence-electron chi connectivity index (χ3n) is 3.56. The lowest BCUT2D eigenvalue weighted by atomic mass is 9.72. The Morgan fingerprint density at radius 1 is 1.59 bits per heavy atom. The van der Waals surface area contributed by atoms with Gasteiger partial charge in [-0.25, -0.2) is 4.98 Å². The molecule has 3 rings (SSSR count). The molecule has 3 N–H and O–H groups in total. The van der Waals surface area contributed by atoms with Crippen LogP contribution in [0.1, 0.15) is 6.42 Å². The van der Waals surface area contributed by atoms with Gasteiger partial charge in [0.25, 0.3) is 0 Å². The Labute approximate surface area is 113 Å². The van der Waals surface area contributed by atoms with Crippen LogP contribution in [-0.2, 0) is 4.74 Å². The molecule has 2 heterocycles. The summed E-state index contributed by atoms with van der Waals surface area (Å²) >= 11 is 9.28. The summed E-state index contributed by atoms with van der Waals surface area (Å²) in [7, 11) is 0. The summed E-state index contributed by atoms with van der Waals surface area (Å²) in [5.41, 5.74) is 6.12. The Kier molecular flexibility index (Phi) is 3.02. The summed E-state index contributed by atoms with van der Waals surface area (Å²) in [4.78, 5) is 4.25. The molecule has 17 heavy (non-hydrogen) atoms. The summed E-state index contributed by atoms with van der Waals surface area (Å²) < 4.78 is 6.51. The van der Waals surface area contributed by atoms with Gasteiger partial charge in [-0.2, -0.15) is 0 Å². The first-order valence-corrected chi connectivity index (χ1v) is 6.78. The van der Waals surface area contributed by atoms with Gasteiger partial charge in [0.2, 0.25) is 0 Å². The van der Waals surface area contributed by atoms with Crippen molar-refractivity contribution >= 4 is 33.3 Å². The first kappa shape index (κ1) is 11.7. The van der Waals surface area contributed by atoms with Gasteiger partial charge in [-0.05, 0) is 28.4 Å². The van der Waals surface area contributed by atoms with Crippen molar-refractivity contribution in [2.45, 2.75) is 24.6 Å². The monoisotopic (exact) mass is 317 g/mol. The topological polar surface area (TPSA) is 60.2 Å². The second-order valence-corrected chi connectivity index (χ2v) is 5.81. The predicted molar refractivity (Wildman–Crippen MR) is 70.2 cm³/mol. The van der Waals surface area contributed by atoms with Crippen molar-refractivity contribution in [1.82, 2.24) is 4.98 Å². The Morgan fingerprint density at radius 2 is 2.41 bits per heavy atom. The molecule has 1 saturated heterocycles. The van der Waals surface area contributed by atoms with Crippen molar-refractivity contribution in [2.75, 3.05) is 11.9 Å². The number of nitrogens with one attached hydrogen (secondary N) is 1. The number of halogens is 2. The Morgan fingerprint density at radius 3 is 3.18 bits per heavy atom. The maximum absolute atomic E-state index is 6.12. The maximum atomic E-state index is 6.12. The number of rotatable bonds is 2. The highest BCUT2D eigenvalue weighted by Gasteiger charge is 2.52. The molecule has 4 atom stereocenters. The number of nitrogens with two attached hydrogens (primary N) is 1. The van der Waals surface area contributed by atoms with E-state index < -0.39 is 0 Å². The van der Waals surface area contributed by atoms with Crippen molar-refractivity contribution < 1.29 is 4.74 Å². The van der Waals surface area contributed by atoms with E-state index in [4.69, 9.17) is 22.1 Å². The zero-order valence-corrected chi connectivity index (χ0v) is 11.4. The fourth-order valence-electron chi connectivity index (χ4n) is 2.61. The van der Waals surface area contributed by atoms with E-state index >= 15 is 0 Å². The standard InChI is InChI=1S/C11H13BrClN3O/c12-7-3-5(13)4-15-11(7)16-9-8(14)6-1-2-17-10(6)9/h3-4,6,8-10H,1-2,14H2,(H,15,16). The van der Waals surface area contributed by atoms with Gasteiger partial charge < -0.3 is 15.8 Å². The van der Waals surface area contributed by atoms with Crippen LogP contribution in [0.15, 0.2) is 16.7 Å². The van der Waals surface area contributed by atoms with Crippen LogP contribution in [0.4, 0.5) is 5.82 Å². The molecular formula is C11H13BrClN3O. The zero-order chi connectivity index (χ0) is 12.0. The molecule has 0 spiro atoms. The minimum atomic E-state index is 0.145. The molecule has 0 aromatic carbocycles. The van der Waals surface area contributed by atoms with Crippen LogP contribution in [0.3, 0.4) is 0 Å². The van der Waals surface area contributed by atoms with Crippen LogP contribution in [0, 0.1) is 5.92 Å². The van der Waals surface area contributed by atoms with Crippen LogP contribution in [-0.4, -0.2) is 29.8 Å². The van der Waals surface area contributed by atoms with Crippen molar-refractivity contribution in [3.05, 3.63) is 21.8 Å². The number of aromatic nitrogens is 1. The SMILES string of the molecule is NC1C2CCOC2C1Nc1ncc(Cl)cc1Br. The number of fused-ring (bicyclic) bond motifs is 1. The molecule has 6 heteroatoms. The van der Waals surface area contributed by atoms with Crippen molar-refractivity contribution in [1.29, 1.82) is 0 Å². The third kappa shape index (κ3) is 1.95. The van der Waals surface area contributed by atoms with Gasteiger partial charge in [0.05, 0.1) is 21.6 Å². The lowest BCUT2D eigenvalue weighted by Crippen LogP contribution is -2.65. The van der Waals surface area contributed by atoms with Gasteiger partial charge in [0.1, 0.15) is 5.82 Å². The molecule has 4 unspecified atom stereocenters. The van der Waals surface area contributed by atoms with Gasteiger partial charge in [-0.3, -0.25) is 0 Å². The summed E-state index contributed by atoms with van der Waals surface area (Å²) in [6.07, 6.45) is 2.92. The Balaban J connectivity index is 1.75. The number of hydrogen-bond donors (Lipinski definition) is 2. The quantitative estimate of drug-likeness (QED) is 0.876. The molecule has 1 aliphatic heterocycles. The molecule has 0 amide bonds. The predicted octanol–water partition coefficient (Wildman–Crippen LogP) is 2.02. The number of anilines is 1. The fourth-order valence-corrected chi connectivity index (χ4v) is 3.36. The number of hydrogen-bond acceptors (Lipinski definition) is 4. The van der Waals surface area contributed by atoms with E-state index in [1.165, 1.54) is 0 Å². The van der Waals surface area contributed by atoms with Crippen molar-refractivity contribution in [3.8, 4) is 0 Å². The first-order chi connectivity index (χ1) is 8.16. The van der Waals surface area contributed by atoms with Crippen LogP contribution in [0.25, 0.3) is 0 Å². The van der Waals surface area contributed by atoms with Gasteiger partial charge >= 0.3 is 0 Å². The molecule has 92 valence electrons. The third-order valence-corrected chi connectivity index (χ3v) is 4.37. The number of ether oxygens (including phenoxy) is 1. The van der Waals surface area contributed by atoms with Crippen LogP contribution in [0.2, 0.25) is 5.02 Å². The van der Waals surface area contributed by atoms with E-state index in [2.05, 4.69) is 26.2 Å². The lowest BCUT2D eigenvalue weighted by Gasteiger charge is -2.45. The van der Waals surface area contributed by atoms with Crippen LogP contribution in [0.5, 0.6) is 0 Å². The van der Waals surface area contributed by atoms with E-state index in [1.807, 2.05) is 6.07 Å². The molecule has 1 aliphatic carbocycles. The highest BCUT2D eigenvalue weighted by molar-refractivity contribution is 9.10. The van der Waals surface area contributed by atoms with E-state index in [0.717, 1.165) is 23.3 Å². The van der Waals surface area contributed by atoms with E-state index in [9.17, 15) is 0 Å². The molecule has 2 aliphatic rings. The molecule has 2 fully saturated rings. The highest BCUT2D eigenvalue weighted by atomic mass is 79.9. The Hall–Kier alpha value is -0.360. The van der Waals surface area contributed by atoms with E-state index in [1.54, 1.807) is 6.20 Å². The summed E-state index contributed by atoms with van der Waals surface area (Å²) in [5.74, 6) is 1.27. The van der Waals surface area contributed by atoms with Gasteiger partial charge in [0, 0.05) is 24.8 Å². The lowest BCUT2D eigenvalue weighted by molar-refractivity contribution is 0.00522. The molecule has 1 aromatic rings. The fraction of sp³-hybridized carbons (Fsp3) is 0.545. The summed E-state index contributed by atoms with van der Waals surface area (Å²) in [5, 5.41) is 3.94. The Bertz CT molecular complexity index is 445. The molecule has 0 radical (unpaired) electrons. The molecule has 1 saturated carbocycles. The average molecular weight is 319 g/mol. The molecular weight excluding hydrogens is 305 g/mol. The van der Waals surface area contributed by atoms with Crippen molar-refractivity contribution in [2.24, 2.45) is 11.7 Å². The largest absolute Gasteiger partial charge is 0.376 e. The minimum Gasteiger partial charge on any atom is -0.376 e. The van der Waals surface area contributed by atoms with Gasteiger partial charge in [-0.1, -0.05) is 11.6 Å². The van der Waals surface area contributed by atoms with E-state index in [-0.39, 0.29) is 18.2 Å². The smallest absolute Gasteiger partial charge is 0.140 e. The van der Waals surface area contributed by atoms with Crippen LogP contribution < -0.4 is 11.1 Å². The number of pyridine rings is 1. The second kappa shape index (κ2) is 4.39. The minimum absolute atomic E-state index is 0.145. The second-order valence-electron chi connectivity index (χ2n) is 4.52. The molecule has 1 aromatic heterocycles. The van der Waals surface area contributed by atoms with Crippen LogP contribution >= 0.6 is 27.5 Å². The van der Waals surface area contributed by atoms with Gasteiger partial charge in [0.15, 0.2) is 0 Å². The highest BCUT2D eigenvalue weighted by Crippen LogP contribution is 2.39. The number of nitrogens with zero attached hydrogens (tertiary/aromatic N) is 1. The maximum Gasteiger partial charge on any atom is 0.140 e. The van der Waals surface area contributed by atoms with Crippen molar-refractivity contribution in [3.63, 3.8) is 0 Å². The van der Waals surface area contributed by atoms with E-state index in [0.29, 0.717) is 10.9 Å². The average Bonchev–Trinajstić information content (AvgIpc) is 2.72.